The Morgan fingerprint density at radius 1 is 1.24 bits per heavy atom. The number of rotatable bonds is 8. The van der Waals surface area contributed by atoms with Crippen molar-refractivity contribution in [3.8, 4) is 11.8 Å². The van der Waals surface area contributed by atoms with Crippen molar-refractivity contribution in [1.82, 2.24) is 14.9 Å². The lowest BCUT2D eigenvalue weighted by Gasteiger charge is -2.32. The minimum absolute atomic E-state index is 0.142. The molecule has 0 bridgehead atoms. The lowest BCUT2D eigenvalue weighted by molar-refractivity contribution is -0.211. The van der Waals surface area contributed by atoms with Crippen LogP contribution < -0.4 is 10.3 Å². The molecule has 2 aromatic carbocycles. The maximum Gasteiger partial charge on any atom is 0.491 e. The Balaban J connectivity index is 1.31. The Morgan fingerprint density at radius 3 is 2.68 bits per heavy atom. The van der Waals surface area contributed by atoms with Gasteiger partial charge in [-0.1, -0.05) is 30.3 Å². The molecule has 4 rings (SSSR count). The number of nitrogens with zero attached hydrogens (tertiary/aromatic N) is 3. The predicted molar refractivity (Wildman–Crippen MR) is 135 cm³/mol. The van der Waals surface area contributed by atoms with Crippen molar-refractivity contribution in [2.45, 2.75) is 49.8 Å². The van der Waals surface area contributed by atoms with Crippen molar-refractivity contribution in [3.05, 3.63) is 69.8 Å². The minimum Gasteiger partial charge on any atom is -0.442 e. The summed E-state index contributed by atoms with van der Waals surface area (Å²) in [6.07, 6.45) is -5.45. The van der Waals surface area contributed by atoms with Gasteiger partial charge in [0.1, 0.15) is 11.6 Å². The number of halogens is 3. The fourth-order valence-corrected chi connectivity index (χ4v) is 5.27. The van der Waals surface area contributed by atoms with Crippen LogP contribution >= 0.6 is 11.8 Å². The van der Waals surface area contributed by atoms with E-state index in [4.69, 9.17) is 10.00 Å². The zero-order valence-corrected chi connectivity index (χ0v) is 21.3. The summed E-state index contributed by atoms with van der Waals surface area (Å²) in [5.41, 5.74) is 2.19. The smallest absolute Gasteiger partial charge is 0.442 e. The highest BCUT2D eigenvalue weighted by Crippen LogP contribution is 2.29. The summed E-state index contributed by atoms with van der Waals surface area (Å²) in [4.78, 5) is 33.2. The molecule has 1 unspecified atom stereocenters. The molecule has 0 amide bonds. The third-order valence-electron chi connectivity index (χ3n) is 6.13. The van der Waals surface area contributed by atoms with E-state index in [9.17, 15) is 22.8 Å². The van der Waals surface area contributed by atoms with E-state index in [0.29, 0.717) is 34.3 Å². The summed E-state index contributed by atoms with van der Waals surface area (Å²) in [6.45, 7) is 3.94. The van der Waals surface area contributed by atoms with Crippen LogP contribution in [0.25, 0.3) is 10.9 Å². The van der Waals surface area contributed by atoms with Crippen molar-refractivity contribution >= 4 is 28.6 Å². The predicted octanol–water partition coefficient (Wildman–Crippen LogP) is 4.46. The summed E-state index contributed by atoms with van der Waals surface area (Å²) >= 11 is 1.74. The standard InChI is InChI=1S/C26H25F3N4O4S/c1-16-5-4-7-19-23(16)31-21(32-24(19)34)15-38-18-9-11-33(12-10-18)14-17-6-2-3-8-20(17)36-22(13-30)37-25(35)26(27,28)29/h2-8,18,22H,9-12,14-15H2,1H3,(H,31,32,34). The molecule has 12 heteroatoms. The van der Waals surface area contributed by atoms with Gasteiger partial charge < -0.3 is 14.5 Å². The average molecular weight is 547 g/mol. The second-order valence-corrected chi connectivity index (χ2v) is 10.1. The molecule has 1 aromatic heterocycles. The second-order valence-electron chi connectivity index (χ2n) is 8.86. The van der Waals surface area contributed by atoms with E-state index in [1.165, 1.54) is 12.1 Å². The van der Waals surface area contributed by atoms with Crippen LogP contribution in [0.1, 0.15) is 29.8 Å². The number of thioether (sulfide) groups is 1. The van der Waals surface area contributed by atoms with E-state index in [1.54, 1.807) is 36.0 Å². The fraction of sp³-hybridized carbons (Fsp3) is 0.385. The Bertz CT molecular complexity index is 1400. The van der Waals surface area contributed by atoms with Crippen LogP contribution in [0.4, 0.5) is 13.2 Å². The molecule has 200 valence electrons. The first-order chi connectivity index (χ1) is 18.1. The quantitative estimate of drug-likeness (QED) is 0.326. The van der Waals surface area contributed by atoms with Gasteiger partial charge in [0.2, 0.25) is 0 Å². The van der Waals surface area contributed by atoms with Crippen molar-refractivity contribution in [3.63, 3.8) is 0 Å². The average Bonchev–Trinajstić information content (AvgIpc) is 2.89. The van der Waals surface area contributed by atoms with Crippen molar-refractivity contribution in [2.75, 3.05) is 13.1 Å². The van der Waals surface area contributed by atoms with Crippen LogP contribution in [0.3, 0.4) is 0 Å². The summed E-state index contributed by atoms with van der Waals surface area (Å²) in [7, 11) is 0. The van der Waals surface area contributed by atoms with Gasteiger partial charge in [0, 0.05) is 17.4 Å². The van der Waals surface area contributed by atoms with E-state index in [-0.39, 0.29) is 11.3 Å². The van der Waals surface area contributed by atoms with Gasteiger partial charge in [0.25, 0.3) is 5.56 Å². The Hall–Kier alpha value is -3.56. The molecule has 0 saturated carbocycles. The van der Waals surface area contributed by atoms with Crippen molar-refractivity contribution in [1.29, 1.82) is 5.26 Å². The van der Waals surface area contributed by atoms with Gasteiger partial charge in [-0.15, -0.1) is 0 Å². The van der Waals surface area contributed by atoms with Gasteiger partial charge in [-0.3, -0.25) is 9.69 Å². The molecular formula is C26H25F3N4O4S. The number of H-pyrrole nitrogens is 1. The number of aromatic amines is 1. The summed E-state index contributed by atoms with van der Waals surface area (Å²) in [6, 6.07) is 13.6. The molecule has 2 heterocycles. The molecule has 1 N–H and O–H groups in total. The monoisotopic (exact) mass is 546 g/mol. The second kappa shape index (κ2) is 11.9. The summed E-state index contributed by atoms with van der Waals surface area (Å²) in [5.74, 6) is -1.08. The van der Waals surface area contributed by atoms with Gasteiger partial charge in [-0.2, -0.15) is 30.2 Å². The molecule has 1 saturated heterocycles. The van der Waals surface area contributed by atoms with E-state index < -0.39 is 18.4 Å². The van der Waals surface area contributed by atoms with Crippen LogP contribution in [-0.4, -0.2) is 51.6 Å². The number of nitrogens with one attached hydrogen (secondary N) is 1. The fourth-order valence-electron chi connectivity index (χ4n) is 4.20. The number of para-hydroxylation sites is 2. The third-order valence-corrected chi connectivity index (χ3v) is 7.51. The number of likely N-dealkylation sites (tertiary alicyclic amines) is 1. The highest BCUT2D eigenvalue weighted by molar-refractivity contribution is 7.99. The lowest BCUT2D eigenvalue weighted by atomic mass is 10.1. The largest absolute Gasteiger partial charge is 0.491 e. The normalized spacial score (nSPS) is 15.7. The Kier molecular flexibility index (Phi) is 8.58. The highest BCUT2D eigenvalue weighted by Gasteiger charge is 2.43. The van der Waals surface area contributed by atoms with Gasteiger partial charge in [-0.25, -0.2) is 9.78 Å². The number of aryl methyl sites for hydroxylation is 1. The SMILES string of the molecule is Cc1cccc2c(=O)[nH]c(CSC3CCN(Cc4ccccc4OC(C#N)OC(=O)C(F)(F)F)CC3)nc12. The number of carbonyl (C=O) groups is 1. The molecule has 3 aromatic rings. The molecule has 1 aliphatic heterocycles. The van der Waals surface area contributed by atoms with E-state index in [0.717, 1.165) is 37.0 Å². The van der Waals surface area contributed by atoms with Crippen LogP contribution in [-0.2, 0) is 21.8 Å². The van der Waals surface area contributed by atoms with Gasteiger partial charge in [-0.05, 0) is 50.6 Å². The number of hydrogen-bond donors (Lipinski definition) is 1. The molecule has 38 heavy (non-hydrogen) atoms. The lowest BCUT2D eigenvalue weighted by Crippen LogP contribution is -2.35. The van der Waals surface area contributed by atoms with Gasteiger partial charge in [0.05, 0.1) is 16.7 Å². The number of carbonyl (C=O) groups excluding carboxylic acids is 1. The number of alkyl halides is 3. The van der Waals surface area contributed by atoms with Crippen LogP contribution in [0, 0.1) is 18.3 Å². The molecule has 1 atom stereocenters. The first-order valence-corrected chi connectivity index (χ1v) is 12.9. The number of esters is 1. The van der Waals surface area contributed by atoms with Crippen molar-refractivity contribution in [2.24, 2.45) is 0 Å². The van der Waals surface area contributed by atoms with Gasteiger partial charge in [0.15, 0.2) is 6.07 Å². The topological polar surface area (TPSA) is 108 Å². The molecule has 0 aliphatic carbocycles. The molecule has 1 fully saturated rings. The summed E-state index contributed by atoms with van der Waals surface area (Å²) in [5, 5.41) is 10.1. The van der Waals surface area contributed by atoms with Gasteiger partial charge >= 0.3 is 18.4 Å². The van der Waals surface area contributed by atoms with E-state index >= 15 is 0 Å². The zero-order valence-electron chi connectivity index (χ0n) is 20.5. The number of hydrogen-bond acceptors (Lipinski definition) is 8. The molecule has 8 nitrogen and oxygen atoms in total. The maximum atomic E-state index is 12.5. The molecule has 0 spiro atoms. The number of aromatic nitrogens is 2. The minimum atomic E-state index is -5.22. The van der Waals surface area contributed by atoms with E-state index in [2.05, 4.69) is 19.6 Å². The maximum absolute atomic E-state index is 12.5. The van der Waals surface area contributed by atoms with Crippen LogP contribution in [0.5, 0.6) is 5.75 Å². The zero-order chi connectivity index (χ0) is 27.3. The number of ether oxygens (including phenoxy) is 2. The number of nitriles is 1. The summed E-state index contributed by atoms with van der Waals surface area (Å²) < 4.78 is 46.9. The number of fused-ring (bicyclic) bond motifs is 1. The van der Waals surface area contributed by atoms with Crippen LogP contribution in [0.15, 0.2) is 47.3 Å². The number of piperidine rings is 1. The Morgan fingerprint density at radius 2 is 1.97 bits per heavy atom. The van der Waals surface area contributed by atoms with E-state index in [1.807, 2.05) is 19.1 Å². The molecule has 1 aliphatic rings. The number of benzene rings is 2. The third kappa shape index (κ3) is 6.85. The first-order valence-electron chi connectivity index (χ1n) is 11.9. The molecule has 0 radical (unpaired) electrons. The first kappa shape index (κ1) is 27.5. The molecular weight excluding hydrogens is 521 g/mol. The van der Waals surface area contributed by atoms with Crippen molar-refractivity contribution < 1.29 is 27.4 Å². The van der Waals surface area contributed by atoms with Crippen LogP contribution in [0.2, 0.25) is 0 Å². The Labute approximate surface area is 220 Å². The highest BCUT2D eigenvalue weighted by atomic mass is 32.2.